The molecule has 1 amide bonds. The molecule has 19 heavy (non-hydrogen) atoms. The Kier molecular flexibility index (Phi) is 5.30. The summed E-state index contributed by atoms with van der Waals surface area (Å²) in [6, 6.07) is 7.23. The molecule has 0 saturated carbocycles. The molecule has 100 valence electrons. The van der Waals surface area contributed by atoms with Gasteiger partial charge in [0.15, 0.2) is 0 Å². The molecule has 7 heteroatoms. The minimum atomic E-state index is -0.201. The molecule has 4 nitrogen and oxygen atoms in total. The molecule has 2 aromatic rings. The molecule has 1 aromatic heterocycles. The molecule has 1 heterocycles. The van der Waals surface area contributed by atoms with Gasteiger partial charge in [-0.05, 0) is 34.5 Å². The van der Waals surface area contributed by atoms with Crippen molar-refractivity contribution in [3.8, 4) is 0 Å². The van der Waals surface area contributed by atoms with Crippen molar-refractivity contribution in [2.75, 3.05) is 11.2 Å². The molecular weight excluding hydrogens is 350 g/mol. The quantitative estimate of drug-likeness (QED) is 0.827. The number of amides is 1. The predicted molar refractivity (Wildman–Crippen MR) is 81.0 cm³/mol. The van der Waals surface area contributed by atoms with Crippen LogP contribution in [0.1, 0.15) is 21.8 Å². The fourth-order valence-electron chi connectivity index (χ4n) is 1.43. The minimum absolute atomic E-state index is 0.201. The number of carbonyl (C=O) groups excluding carboxylic acids is 1. The normalized spacial score (nSPS) is 10.4. The summed E-state index contributed by atoms with van der Waals surface area (Å²) in [7, 11) is 0. The van der Waals surface area contributed by atoms with Crippen LogP contribution in [0.5, 0.6) is 0 Å². The van der Waals surface area contributed by atoms with Gasteiger partial charge < -0.3 is 0 Å². The van der Waals surface area contributed by atoms with Crippen LogP contribution in [0.2, 0.25) is 0 Å². The summed E-state index contributed by atoms with van der Waals surface area (Å²) in [6.07, 6.45) is 1.64. The average molecular weight is 361 g/mol. The second kappa shape index (κ2) is 6.98. The molecule has 0 aliphatic rings. The summed E-state index contributed by atoms with van der Waals surface area (Å²) in [5.41, 5.74) is 0.569. The van der Waals surface area contributed by atoms with Crippen molar-refractivity contribution in [1.82, 2.24) is 10.2 Å². The Morgan fingerprint density at radius 3 is 2.89 bits per heavy atom. The van der Waals surface area contributed by atoms with E-state index in [-0.39, 0.29) is 5.91 Å². The fourth-order valence-corrected chi connectivity index (χ4v) is 2.81. The summed E-state index contributed by atoms with van der Waals surface area (Å²) in [5.74, 6) is 0.394. The van der Waals surface area contributed by atoms with Crippen molar-refractivity contribution < 1.29 is 4.79 Å². The van der Waals surface area contributed by atoms with E-state index < -0.39 is 0 Å². The van der Waals surface area contributed by atoms with Gasteiger partial charge >= 0.3 is 0 Å². The number of hydrogen-bond donors (Lipinski definition) is 1. The first-order valence-corrected chi connectivity index (χ1v) is 7.79. The van der Waals surface area contributed by atoms with E-state index in [1.807, 2.05) is 18.2 Å². The minimum Gasteiger partial charge on any atom is -0.296 e. The van der Waals surface area contributed by atoms with Crippen molar-refractivity contribution in [1.29, 1.82) is 0 Å². The third-order valence-corrected chi connectivity index (χ3v) is 4.19. The number of aromatic nitrogens is 2. The molecule has 0 fully saturated rings. The molecular formula is C12H11BrClN3OS. The van der Waals surface area contributed by atoms with Gasteiger partial charge in [0.05, 0.1) is 5.56 Å². The fraction of sp³-hybridized carbons (Fsp3) is 0.250. The monoisotopic (exact) mass is 359 g/mol. The largest absolute Gasteiger partial charge is 0.296 e. The number of nitrogens with one attached hydrogen (secondary N) is 1. The van der Waals surface area contributed by atoms with Gasteiger partial charge in [0.1, 0.15) is 5.01 Å². The van der Waals surface area contributed by atoms with Gasteiger partial charge in [-0.1, -0.05) is 23.5 Å². The Labute approximate surface area is 128 Å². The Hall–Kier alpha value is -0.980. The van der Waals surface area contributed by atoms with Crippen molar-refractivity contribution >= 4 is 49.9 Å². The summed E-state index contributed by atoms with van der Waals surface area (Å²) in [5, 5.41) is 12.1. The number of anilines is 1. The lowest BCUT2D eigenvalue weighted by Gasteiger charge is -2.02. The van der Waals surface area contributed by atoms with E-state index >= 15 is 0 Å². The number of benzene rings is 1. The van der Waals surface area contributed by atoms with Crippen LogP contribution in [0.3, 0.4) is 0 Å². The van der Waals surface area contributed by atoms with E-state index in [1.165, 1.54) is 11.3 Å². The van der Waals surface area contributed by atoms with E-state index in [4.69, 9.17) is 11.6 Å². The van der Waals surface area contributed by atoms with Crippen LogP contribution in [-0.4, -0.2) is 22.0 Å². The van der Waals surface area contributed by atoms with Crippen LogP contribution >= 0.6 is 38.9 Å². The van der Waals surface area contributed by atoms with Crippen LogP contribution in [0, 0.1) is 0 Å². The predicted octanol–water partition coefficient (Wildman–Crippen LogP) is 3.72. The summed E-state index contributed by atoms with van der Waals surface area (Å²) >= 11 is 10.3. The third kappa shape index (κ3) is 3.99. The van der Waals surface area contributed by atoms with Gasteiger partial charge in [-0.3, -0.25) is 10.1 Å². The highest BCUT2D eigenvalue weighted by atomic mass is 79.9. The molecule has 2 rings (SSSR count). The Morgan fingerprint density at radius 2 is 2.16 bits per heavy atom. The highest BCUT2D eigenvalue weighted by Gasteiger charge is 2.12. The first kappa shape index (κ1) is 14.4. The van der Waals surface area contributed by atoms with Crippen molar-refractivity contribution in [3.05, 3.63) is 39.3 Å². The number of nitrogens with zero attached hydrogens (tertiary/aromatic N) is 2. The van der Waals surface area contributed by atoms with Crippen molar-refractivity contribution in [2.45, 2.75) is 12.8 Å². The number of alkyl halides is 1. The number of halogens is 2. The number of aryl methyl sites for hydroxylation is 1. The van der Waals surface area contributed by atoms with Crippen LogP contribution in [-0.2, 0) is 6.42 Å². The lowest BCUT2D eigenvalue weighted by molar-refractivity contribution is 0.102. The molecule has 0 atom stereocenters. The maximum atomic E-state index is 12.0. The lowest BCUT2D eigenvalue weighted by Crippen LogP contribution is -2.12. The first-order valence-electron chi connectivity index (χ1n) is 5.65. The van der Waals surface area contributed by atoms with Gasteiger partial charge in [0, 0.05) is 16.8 Å². The highest BCUT2D eigenvalue weighted by molar-refractivity contribution is 9.10. The van der Waals surface area contributed by atoms with E-state index in [0.29, 0.717) is 16.6 Å². The molecule has 0 aliphatic carbocycles. The Balaban J connectivity index is 2.03. The summed E-state index contributed by atoms with van der Waals surface area (Å²) in [4.78, 5) is 12.0. The number of hydrogen-bond acceptors (Lipinski definition) is 4. The second-order valence-corrected chi connectivity index (χ2v) is 6.02. The zero-order valence-electron chi connectivity index (χ0n) is 9.90. The highest BCUT2D eigenvalue weighted by Crippen LogP contribution is 2.20. The van der Waals surface area contributed by atoms with Crippen molar-refractivity contribution in [3.63, 3.8) is 0 Å². The molecule has 0 aliphatic heterocycles. The standard InChI is InChI=1S/C12H11BrClN3OS/c13-9-5-2-1-4-8(9)11(18)15-12-17-16-10(19-12)6-3-7-14/h1-2,4-5H,3,6-7H2,(H,15,17,18). The molecule has 1 aromatic carbocycles. The van der Waals surface area contributed by atoms with Crippen LogP contribution < -0.4 is 5.32 Å². The molecule has 0 spiro atoms. The number of rotatable bonds is 5. The molecule has 0 bridgehead atoms. The second-order valence-electron chi connectivity index (χ2n) is 3.73. The van der Waals surface area contributed by atoms with Crippen LogP contribution in [0.25, 0.3) is 0 Å². The summed E-state index contributed by atoms with van der Waals surface area (Å²) < 4.78 is 0.749. The van der Waals surface area contributed by atoms with Crippen LogP contribution in [0.4, 0.5) is 5.13 Å². The van der Waals surface area contributed by atoms with Gasteiger partial charge in [-0.15, -0.1) is 21.8 Å². The van der Waals surface area contributed by atoms with E-state index in [0.717, 1.165) is 22.3 Å². The van der Waals surface area contributed by atoms with Crippen molar-refractivity contribution in [2.24, 2.45) is 0 Å². The smallest absolute Gasteiger partial charge is 0.258 e. The van der Waals surface area contributed by atoms with Gasteiger partial charge in [-0.2, -0.15) is 0 Å². The first-order chi connectivity index (χ1) is 9.20. The number of carbonyl (C=O) groups is 1. The van der Waals surface area contributed by atoms with E-state index in [1.54, 1.807) is 6.07 Å². The molecule has 0 unspecified atom stereocenters. The van der Waals surface area contributed by atoms with Crippen LogP contribution in [0.15, 0.2) is 28.7 Å². The maximum Gasteiger partial charge on any atom is 0.258 e. The zero-order valence-corrected chi connectivity index (χ0v) is 13.1. The Bertz CT molecular complexity index is 576. The topological polar surface area (TPSA) is 54.9 Å². The molecule has 0 saturated heterocycles. The van der Waals surface area contributed by atoms with E-state index in [9.17, 15) is 4.79 Å². The van der Waals surface area contributed by atoms with Gasteiger partial charge in [-0.25, -0.2) is 0 Å². The lowest BCUT2D eigenvalue weighted by atomic mass is 10.2. The van der Waals surface area contributed by atoms with Gasteiger partial charge in [0.25, 0.3) is 5.91 Å². The van der Waals surface area contributed by atoms with E-state index in [2.05, 4.69) is 31.4 Å². The average Bonchev–Trinajstić information content (AvgIpc) is 2.84. The molecule has 0 radical (unpaired) electrons. The molecule has 1 N–H and O–H groups in total. The maximum absolute atomic E-state index is 12.0. The zero-order chi connectivity index (χ0) is 13.7. The Morgan fingerprint density at radius 1 is 1.37 bits per heavy atom. The third-order valence-electron chi connectivity index (χ3n) is 2.33. The summed E-state index contributed by atoms with van der Waals surface area (Å²) in [6.45, 7) is 0. The SMILES string of the molecule is O=C(Nc1nnc(CCCCl)s1)c1ccccc1Br. The van der Waals surface area contributed by atoms with Gasteiger partial charge in [0.2, 0.25) is 5.13 Å².